The topological polar surface area (TPSA) is 49.2 Å². The van der Waals surface area contributed by atoms with E-state index in [0.717, 1.165) is 42.4 Å². The van der Waals surface area contributed by atoms with Gasteiger partial charge in [-0.1, -0.05) is 60.7 Å². The molecule has 172 valence electrons. The number of nitrogens with one attached hydrogen (secondary N) is 1. The second kappa shape index (κ2) is 9.43. The van der Waals surface area contributed by atoms with Gasteiger partial charge < -0.3 is 4.98 Å². The van der Waals surface area contributed by atoms with Crippen LogP contribution in [0.1, 0.15) is 48.4 Å². The minimum atomic E-state index is 0.559. The van der Waals surface area contributed by atoms with Gasteiger partial charge in [-0.05, 0) is 48.8 Å². The molecule has 0 unspecified atom stereocenters. The van der Waals surface area contributed by atoms with Crippen LogP contribution in [0.3, 0.4) is 0 Å². The molecule has 2 aromatic carbocycles. The summed E-state index contributed by atoms with van der Waals surface area (Å²) in [5.41, 5.74) is 7.12. The van der Waals surface area contributed by atoms with E-state index in [1.165, 1.54) is 42.5 Å². The fourth-order valence-corrected chi connectivity index (χ4v) is 5.65. The molecule has 5 heteroatoms. The second-order valence-corrected chi connectivity index (χ2v) is 9.70. The van der Waals surface area contributed by atoms with Crippen molar-refractivity contribution in [2.75, 3.05) is 6.54 Å². The van der Waals surface area contributed by atoms with Crippen molar-refractivity contribution >= 4 is 16.8 Å². The first-order chi connectivity index (χ1) is 16.8. The van der Waals surface area contributed by atoms with E-state index in [9.17, 15) is 0 Å². The van der Waals surface area contributed by atoms with E-state index in [-0.39, 0.29) is 0 Å². The summed E-state index contributed by atoms with van der Waals surface area (Å²) in [4.78, 5) is 15.0. The highest BCUT2D eigenvalue weighted by atomic mass is 15.1. The van der Waals surface area contributed by atoms with E-state index in [1.54, 1.807) is 0 Å². The van der Waals surface area contributed by atoms with Crippen LogP contribution in [0, 0.1) is 5.92 Å². The lowest BCUT2D eigenvalue weighted by atomic mass is 9.80. The number of rotatable bonds is 7. The molecule has 0 radical (unpaired) electrons. The molecule has 0 atom stereocenters. The molecule has 1 aliphatic rings. The molecule has 1 fully saturated rings. The van der Waals surface area contributed by atoms with Gasteiger partial charge in [0.05, 0.1) is 11.7 Å². The average molecular weight is 450 g/mol. The molecule has 1 aliphatic carbocycles. The molecule has 6 rings (SSSR count). The van der Waals surface area contributed by atoms with E-state index in [0.29, 0.717) is 5.92 Å². The lowest BCUT2D eigenvalue weighted by Crippen LogP contribution is -2.31. The smallest absolute Gasteiger partial charge is 0.156 e. The molecule has 1 N–H and O–H groups in total. The molecule has 1 saturated carbocycles. The van der Waals surface area contributed by atoms with Crippen LogP contribution in [0.15, 0.2) is 85.3 Å². The van der Waals surface area contributed by atoms with Gasteiger partial charge in [-0.3, -0.25) is 9.30 Å². The number of hydrogen-bond donors (Lipinski definition) is 1. The van der Waals surface area contributed by atoms with E-state index < -0.39 is 0 Å². The van der Waals surface area contributed by atoms with Gasteiger partial charge in [-0.15, -0.1) is 0 Å². The van der Waals surface area contributed by atoms with Crippen molar-refractivity contribution < 1.29 is 0 Å². The van der Waals surface area contributed by atoms with Crippen molar-refractivity contribution in [3.63, 3.8) is 0 Å². The molecule has 3 heterocycles. The number of aromatic amines is 1. The van der Waals surface area contributed by atoms with Crippen molar-refractivity contribution in [2.24, 2.45) is 5.92 Å². The molecule has 0 spiro atoms. The van der Waals surface area contributed by atoms with Crippen LogP contribution in [0.2, 0.25) is 0 Å². The van der Waals surface area contributed by atoms with Crippen LogP contribution in [-0.2, 0) is 13.1 Å². The third kappa shape index (κ3) is 4.36. The summed E-state index contributed by atoms with van der Waals surface area (Å²) in [5, 5.41) is 0. The summed E-state index contributed by atoms with van der Waals surface area (Å²) in [6.07, 6.45) is 10.9. The fraction of sp³-hybridized carbons (Fsp3) is 0.310. The van der Waals surface area contributed by atoms with Crippen LogP contribution in [0.25, 0.3) is 16.8 Å². The Kier molecular flexibility index (Phi) is 5.86. The predicted octanol–water partition coefficient (Wildman–Crippen LogP) is 6.19. The Labute approximate surface area is 200 Å². The molecule has 0 bridgehead atoms. The van der Waals surface area contributed by atoms with Gasteiger partial charge in [0, 0.05) is 43.6 Å². The highest BCUT2D eigenvalue weighted by molar-refractivity contribution is 5.74. The van der Waals surface area contributed by atoms with Crippen LogP contribution >= 0.6 is 0 Å². The maximum Gasteiger partial charge on any atom is 0.156 e. The van der Waals surface area contributed by atoms with Gasteiger partial charge in [0.2, 0.25) is 0 Å². The molecule has 0 saturated heterocycles. The summed E-state index contributed by atoms with van der Waals surface area (Å²) in [7, 11) is 0. The van der Waals surface area contributed by atoms with Gasteiger partial charge in [-0.2, -0.15) is 0 Å². The minimum absolute atomic E-state index is 0.559. The molecule has 5 aromatic rings. The summed E-state index contributed by atoms with van der Waals surface area (Å²) in [6.45, 7) is 3.15. The molecule has 0 amide bonds. The summed E-state index contributed by atoms with van der Waals surface area (Å²) in [6, 6.07) is 23.9. The summed E-state index contributed by atoms with van der Waals surface area (Å²) >= 11 is 0. The van der Waals surface area contributed by atoms with Crippen molar-refractivity contribution in [1.29, 1.82) is 0 Å². The van der Waals surface area contributed by atoms with Crippen molar-refractivity contribution in [1.82, 2.24) is 24.3 Å². The lowest BCUT2D eigenvalue weighted by molar-refractivity contribution is 0.180. The maximum absolute atomic E-state index is 4.66. The SMILES string of the molecule is c1ccc(CN(Cc2ccccc2)CC2CCC(c3cnc4cnc5[nH]ccc5n34)CC2)cc1. The first-order valence-corrected chi connectivity index (χ1v) is 12.4. The van der Waals surface area contributed by atoms with Crippen molar-refractivity contribution in [3.8, 4) is 0 Å². The Morgan fingerprint density at radius 2 is 1.47 bits per heavy atom. The number of benzene rings is 2. The number of H-pyrrole nitrogens is 1. The monoisotopic (exact) mass is 449 g/mol. The zero-order valence-corrected chi connectivity index (χ0v) is 19.5. The Morgan fingerprint density at radius 1 is 0.794 bits per heavy atom. The zero-order chi connectivity index (χ0) is 22.7. The largest absolute Gasteiger partial charge is 0.345 e. The van der Waals surface area contributed by atoms with Crippen LogP contribution in [0.4, 0.5) is 0 Å². The van der Waals surface area contributed by atoms with Crippen LogP contribution in [0.5, 0.6) is 0 Å². The van der Waals surface area contributed by atoms with Gasteiger partial charge >= 0.3 is 0 Å². The maximum atomic E-state index is 4.66. The number of aromatic nitrogens is 4. The quantitative estimate of drug-likeness (QED) is 0.322. The molecular formula is C29H31N5. The van der Waals surface area contributed by atoms with Crippen molar-refractivity contribution in [3.05, 3.63) is 102 Å². The second-order valence-electron chi connectivity index (χ2n) is 9.70. The van der Waals surface area contributed by atoms with Crippen molar-refractivity contribution in [2.45, 2.75) is 44.7 Å². The number of nitrogens with zero attached hydrogens (tertiary/aromatic N) is 4. The zero-order valence-electron chi connectivity index (χ0n) is 19.5. The van der Waals surface area contributed by atoms with E-state index >= 15 is 0 Å². The van der Waals surface area contributed by atoms with E-state index in [4.69, 9.17) is 0 Å². The molecular weight excluding hydrogens is 418 g/mol. The van der Waals surface area contributed by atoms with Gasteiger partial charge in [0.25, 0.3) is 0 Å². The lowest BCUT2D eigenvalue weighted by Gasteiger charge is -2.33. The molecule has 0 aliphatic heterocycles. The summed E-state index contributed by atoms with van der Waals surface area (Å²) < 4.78 is 2.31. The molecule has 3 aromatic heterocycles. The number of fused-ring (bicyclic) bond motifs is 3. The third-order valence-corrected chi connectivity index (χ3v) is 7.35. The standard InChI is InChI=1S/C29H31N5/c1-3-7-22(8-4-1)19-33(20-23-9-5-2-6-10-23)21-24-11-13-25(14-12-24)27-17-31-28-18-32-29-26(34(27)28)15-16-30-29/h1-10,15-18,24-25,30H,11-14,19-21H2. The Balaban J connectivity index is 1.16. The first-order valence-electron chi connectivity index (χ1n) is 12.4. The molecule has 34 heavy (non-hydrogen) atoms. The highest BCUT2D eigenvalue weighted by Crippen LogP contribution is 2.37. The minimum Gasteiger partial charge on any atom is -0.345 e. The average Bonchev–Trinajstić information content (AvgIpc) is 3.53. The Bertz CT molecular complexity index is 1310. The fourth-order valence-electron chi connectivity index (χ4n) is 5.65. The highest BCUT2D eigenvalue weighted by Gasteiger charge is 2.26. The number of imidazole rings is 1. The van der Waals surface area contributed by atoms with Crippen LogP contribution < -0.4 is 0 Å². The predicted molar refractivity (Wildman–Crippen MR) is 137 cm³/mol. The Hall–Kier alpha value is -3.44. The summed E-state index contributed by atoms with van der Waals surface area (Å²) in [5.74, 6) is 1.29. The third-order valence-electron chi connectivity index (χ3n) is 7.35. The normalized spacial score (nSPS) is 18.7. The van der Waals surface area contributed by atoms with E-state index in [2.05, 4.69) is 97.2 Å². The first kappa shape index (κ1) is 21.1. The van der Waals surface area contributed by atoms with E-state index in [1.807, 2.05) is 12.4 Å². The Morgan fingerprint density at radius 3 is 2.15 bits per heavy atom. The van der Waals surface area contributed by atoms with Gasteiger partial charge in [-0.25, -0.2) is 9.97 Å². The number of hydrogen-bond acceptors (Lipinski definition) is 3. The van der Waals surface area contributed by atoms with Gasteiger partial charge in [0.15, 0.2) is 11.3 Å². The van der Waals surface area contributed by atoms with Gasteiger partial charge in [0.1, 0.15) is 0 Å². The van der Waals surface area contributed by atoms with Crippen LogP contribution in [-0.4, -0.2) is 30.8 Å². The molecule has 5 nitrogen and oxygen atoms in total.